The van der Waals surface area contributed by atoms with Gasteiger partial charge in [-0.3, -0.25) is 9.59 Å². The molecule has 2 aromatic rings. The van der Waals surface area contributed by atoms with Gasteiger partial charge >= 0.3 is 0 Å². The van der Waals surface area contributed by atoms with Crippen molar-refractivity contribution in [2.24, 2.45) is 5.73 Å². The highest BCUT2D eigenvalue weighted by Gasteiger charge is 2.23. The topological polar surface area (TPSA) is 75.4 Å². The van der Waals surface area contributed by atoms with Crippen LogP contribution in [-0.4, -0.2) is 36.3 Å². The predicted octanol–water partition coefficient (Wildman–Crippen LogP) is 3.35. The van der Waals surface area contributed by atoms with Gasteiger partial charge in [0.2, 0.25) is 5.91 Å². The van der Waals surface area contributed by atoms with Crippen molar-refractivity contribution in [2.75, 3.05) is 19.6 Å². The maximum atomic E-state index is 12.8. The van der Waals surface area contributed by atoms with Crippen molar-refractivity contribution >= 4 is 11.8 Å². The zero-order valence-corrected chi connectivity index (χ0v) is 17.4. The number of aryl methyl sites for hydroxylation is 1. The first kappa shape index (κ1) is 21.1. The Morgan fingerprint density at radius 2 is 1.83 bits per heavy atom. The molecule has 0 bridgehead atoms. The van der Waals surface area contributed by atoms with E-state index in [0.717, 1.165) is 53.7 Å². The first-order valence-corrected chi connectivity index (χ1v) is 10.5. The van der Waals surface area contributed by atoms with Gasteiger partial charge in [0, 0.05) is 44.1 Å². The summed E-state index contributed by atoms with van der Waals surface area (Å²) >= 11 is 0. The second-order valence-electron chi connectivity index (χ2n) is 7.73. The third-order valence-electron chi connectivity index (χ3n) is 5.63. The average Bonchev–Trinajstić information content (AvgIpc) is 3.26. The number of hydrogen-bond acceptors (Lipinski definition) is 3. The molecule has 0 spiro atoms. The van der Waals surface area contributed by atoms with Gasteiger partial charge < -0.3 is 16.0 Å². The average molecular weight is 394 g/mol. The molecule has 1 unspecified atom stereocenters. The molecule has 1 fully saturated rings. The molecular formula is C24H31N3O2. The highest BCUT2D eigenvalue weighted by atomic mass is 16.2. The number of rotatable bonds is 7. The molecule has 3 N–H and O–H groups in total. The number of carbonyl (C=O) groups excluding carboxylic acids is 2. The van der Waals surface area contributed by atoms with E-state index in [-0.39, 0.29) is 17.7 Å². The molecule has 1 aliphatic heterocycles. The summed E-state index contributed by atoms with van der Waals surface area (Å²) in [5.41, 5.74) is 10.7. The fourth-order valence-corrected chi connectivity index (χ4v) is 4.05. The lowest BCUT2D eigenvalue weighted by atomic mass is 9.86. The van der Waals surface area contributed by atoms with Crippen LogP contribution in [0.1, 0.15) is 64.7 Å². The lowest BCUT2D eigenvalue weighted by molar-refractivity contribution is -0.121. The van der Waals surface area contributed by atoms with E-state index in [1.54, 1.807) is 0 Å². The third kappa shape index (κ3) is 5.04. The van der Waals surface area contributed by atoms with Gasteiger partial charge in [-0.05, 0) is 55.0 Å². The molecule has 2 aromatic carbocycles. The Bertz CT molecular complexity index is 872. The zero-order chi connectivity index (χ0) is 20.8. The van der Waals surface area contributed by atoms with Crippen molar-refractivity contribution in [1.29, 1.82) is 0 Å². The van der Waals surface area contributed by atoms with E-state index in [9.17, 15) is 9.59 Å². The van der Waals surface area contributed by atoms with Crippen molar-refractivity contribution in [1.82, 2.24) is 10.2 Å². The summed E-state index contributed by atoms with van der Waals surface area (Å²) in [5, 5.41) is 2.90. The fraction of sp³-hybridized carbons (Fsp3) is 0.417. The minimum atomic E-state index is -0.0808. The van der Waals surface area contributed by atoms with Crippen LogP contribution in [0.25, 0.3) is 0 Å². The Morgan fingerprint density at radius 3 is 2.48 bits per heavy atom. The van der Waals surface area contributed by atoms with E-state index >= 15 is 0 Å². The van der Waals surface area contributed by atoms with Gasteiger partial charge in [-0.15, -0.1) is 0 Å². The van der Waals surface area contributed by atoms with Gasteiger partial charge in [0.15, 0.2) is 0 Å². The maximum Gasteiger partial charge on any atom is 0.254 e. The van der Waals surface area contributed by atoms with E-state index < -0.39 is 0 Å². The van der Waals surface area contributed by atoms with Crippen molar-refractivity contribution in [2.45, 2.75) is 45.6 Å². The maximum absolute atomic E-state index is 12.8. The molecule has 0 radical (unpaired) electrons. The molecule has 1 saturated heterocycles. The monoisotopic (exact) mass is 393 g/mol. The van der Waals surface area contributed by atoms with Gasteiger partial charge in [0.05, 0.1) is 0 Å². The number of hydrogen-bond donors (Lipinski definition) is 2. The van der Waals surface area contributed by atoms with Crippen LogP contribution < -0.4 is 11.1 Å². The molecular weight excluding hydrogens is 362 g/mol. The van der Waals surface area contributed by atoms with Crippen LogP contribution in [0.4, 0.5) is 0 Å². The second-order valence-corrected chi connectivity index (χ2v) is 7.73. The Hall–Kier alpha value is -2.66. The quantitative estimate of drug-likeness (QED) is 0.757. The number of nitrogens with zero attached hydrogens (tertiary/aromatic N) is 1. The number of carbonyl (C=O) groups is 2. The summed E-state index contributed by atoms with van der Waals surface area (Å²) in [6.45, 7) is 6.65. The lowest BCUT2D eigenvalue weighted by Gasteiger charge is -2.21. The summed E-state index contributed by atoms with van der Waals surface area (Å²) in [5.74, 6) is 0.0465. The highest BCUT2D eigenvalue weighted by molar-refractivity contribution is 5.96. The van der Waals surface area contributed by atoms with E-state index in [1.165, 1.54) is 0 Å². The predicted molar refractivity (Wildman–Crippen MR) is 116 cm³/mol. The van der Waals surface area contributed by atoms with E-state index in [2.05, 4.69) is 17.4 Å². The molecule has 29 heavy (non-hydrogen) atoms. The molecule has 1 heterocycles. The summed E-state index contributed by atoms with van der Waals surface area (Å²) in [4.78, 5) is 27.1. The smallest absolute Gasteiger partial charge is 0.254 e. The molecule has 2 amide bonds. The number of amides is 2. The number of benzene rings is 2. The molecule has 3 rings (SSSR count). The molecule has 5 nitrogen and oxygen atoms in total. The van der Waals surface area contributed by atoms with Gasteiger partial charge in [-0.2, -0.15) is 0 Å². The summed E-state index contributed by atoms with van der Waals surface area (Å²) < 4.78 is 0. The minimum absolute atomic E-state index is 0.0190. The standard InChI is InChI=1S/C24H31N3O2/c1-3-26-23(28)15-22(19-8-6-7-18(14-19)16-25)20-9-10-21(17(2)13-20)24(29)27-11-4-5-12-27/h6-10,13-14,22H,3-5,11-12,15-16,25H2,1-2H3,(H,26,28). The van der Waals surface area contributed by atoms with Gasteiger partial charge in [-0.1, -0.05) is 36.4 Å². The normalized spacial score (nSPS) is 14.7. The fourth-order valence-electron chi connectivity index (χ4n) is 4.05. The van der Waals surface area contributed by atoms with Gasteiger partial charge in [0.25, 0.3) is 5.91 Å². The molecule has 0 aromatic heterocycles. The van der Waals surface area contributed by atoms with Crippen molar-refractivity contribution in [3.63, 3.8) is 0 Å². The lowest BCUT2D eigenvalue weighted by Crippen LogP contribution is -2.28. The number of nitrogens with two attached hydrogens (primary N) is 1. The van der Waals surface area contributed by atoms with Gasteiger partial charge in [-0.25, -0.2) is 0 Å². The van der Waals surface area contributed by atoms with Crippen LogP contribution in [-0.2, 0) is 11.3 Å². The molecule has 154 valence electrons. The highest BCUT2D eigenvalue weighted by Crippen LogP contribution is 2.30. The zero-order valence-electron chi connectivity index (χ0n) is 17.4. The van der Waals surface area contributed by atoms with Gasteiger partial charge in [0.1, 0.15) is 0 Å². The van der Waals surface area contributed by atoms with Crippen molar-refractivity contribution in [3.05, 3.63) is 70.3 Å². The minimum Gasteiger partial charge on any atom is -0.356 e. The molecule has 0 saturated carbocycles. The summed E-state index contributed by atoms with van der Waals surface area (Å²) in [6.07, 6.45) is 2.52. The molecule has 1 atom stereocenters. The van der Waals surface area contributed by atoms with Crippen molar-refractivity contribution < 1.29 is 9.59 Å². The van der Waals surface area contributed by atoms with Crippen LogP contribution in [0.5, 0.6) is 0 Å². The van der Waals surface area contributed by atoms with Crippen LogP contribution in [0.3, 0.4) is 0 Å². The van der Waals surface area contributed by atoms with Crippen LogP contribution in [0.2, 0.25) is 0 Å². The second kappa shape index (κ2) is 9.70. The summed E-state index contributed by atoms with van der Waals surface area (Å²) in [7, 11) is 0. The third-order valence-corrected chi connectivity index (χ3v) is 5.63. The van der Waals surface area contributed by atoms with E-state index in [1.807, 2.05) is 49.1 Å². The SMILES string of the molecule is CCNC(=O)CC(c1cccc(CN)c1)c1ccc(C(=O)N2CCCC2)c(C)c1. The van der Waals surface area contributed by atoms with Crippen LogP contribution in [0, 0.1) is 6.92 Å². The largest absolute Gasteiger partial charge is 0.356 e. The van der Waals surface area contributed by atoms with Crippen LogP contribution in [0.15, 0.2) is 42.5 Å². The van der Waals surface area contributed by atoms with Crippen molar-refractivity contribution in [3.8, 4) is 0 Å². The first-order valence-electron chi connectivity index (χ1n) is 10.5. The Morgan fingerprint density at radius 1 is 1.10 bits per heavy atom. The Kier molecular flexibility index (Phi) is 7.04. The molecule has 0 aliphatic carbocycles. The first-order chi connectivity index (χ1) is 14.0. The molecule has 5 heteroatoms. The van der Waals surface area contributed by atoms with E-state index in [4.69, 9.17) is 5.73 Å². The summed E-state index contributed by atoms with van der Waals surface area (Å²) in [6, 6.07) is 14.1. The van der Waals surface area contributed by atoms with E-state index in [0.29, 0.717) is 19.5 Å². The number of nitrogens with one attached hydrogen (secondary N) is 1. The number of likely N-dealkylation sites (tertiary alicyclic amines) is 1. The Labute approximate surface area is 173 Å². The Balaban J connectivity index is 1.93. The molecule has 1 aliphatic rings. The van der Waals surface area contributed by atoms with Crippen LogP contribution >= 0.6 is 0 Å².